The second-order valence-corrected chi connectivity index (χ2v) is 5.89. The Hall–Kier alpha value is -0.540. The lowest BCUT2D eigenvalue weighted by molar-refractivity contribution is -0.130. The number of hydrogen-bond acceptors (Lipinski definition) is 1. The average Bonchev–Trinajstić information content (AvgIpc) is 2.30. The molecule has 1 amide bonds. The number of benzene rings is 1. The molecule has 0 aliphatic rings. The van der Waals surface area contributed by atoms with Gasteiger partial charge < -0.3 is 4.90 Å². The minimum Gasteiger partial charge on any atom is -0.340 e. The first kappa shape index (κ1) is 14.5. The summed E-state index contributed by atoms with van der Waals surface area (Å²) in [6.45, 7) is 4.64. The molecule has 1 rings (SSSR count). The van der Waals surface area contributed by atoms with Crippen molar-refractivity contribution in [3.05, 3.63) is 34.9 Å². The number of nitrogens with zero attached hydrogens (tertiary/aromatic N) is 1. The van der Waals surface area contributed by atoms with Crippen molar-refractivity contribution in [1.29, 1.82) is 0 Å². The van der Waals surface area contributed by atoms with Gasteiger partial charge in [-0.1, -0.05) is 53.5 Å². The number of hydrogen-bond donors (Lipinski definition) is 0. The van der Waals surface area contributed by atoms with E-state index >= 15 is 0 Å². The average molecular weight is 319 g/mol. The van der Waals surface area contributed by atoms with Crippen LogP contribution >= 0.6 is 27.5 Å². The highest BCUT2D eigenvalue weighted by Gasteiger charge is 2.22. The third-order valence-electron chi connectivity index (χ3n) is 2.53. The molecule has 0 saturated heterocycles. The number of alkyl halides is 1. The Kier molecular flexibility index (Phi) is 5.47. The summed E-state index contributed by atoms with van der Waals surface area (Å²) in [6.07, 6.45) is 0. The second kappa shape index (κ2) is 6.41. The number of halogens is 2. The quantitative estimate of drug-likeness (QED) is 0.775. The molecule has 0 aliphatic carbocycles. The monoisotopic (exact) mass is 317 g/mol. The van der Waals surface area contributed by atoms with Crippen LogP contribution in [0.1, 0.15) is 19.4 Å². The summed E-state index contributed by atoms with van der Waals surface area (Å²) in [6, 6.07) is 7.54. The van der Waals surface area contributed by atoms with E-state index in [1.54, 1.807) is 4.90 Å². The van der Waals surface area contributed by atoms with E-state index < -0.39 is 0 Å². The van der Waals surface area contributed by atoms with Crippen molar-refractivity contribution in [2.45, 2.75) is 25.2 Å². The van der Waals surface area contributed by atoms with Crippen LogP contribution in [0.3, 0.4) is 0 Å². The molecule has 0 saturated carbocycles. The smallest absolute Gasteiger partial charge is 0.236 e. The minimum atomic E-state index is -0.125. The maximum atomic E-state index is 12.0. The van der Waals surface area contributed by atoms with Gasteiger partial charge in [-0.2, -0.15) is 0 Å². The van der Waals surface area contributed by atoms with Crippen molar-refractivity contribution in [1.82, 2.24) is 4.90 Å². The molecular weight excluding hydrogens is 302 g/mol. The summed E-state index contributed by atoms with van der Waals surface area (Å²) in [5, 5.41) is 0.711. The van der Waals surface area contributed by atoms with Crippen molar-refractivity contribution < 1.29 is 4.79 Å². The van der Waals surface area contributed by atoms with E-state index in [0.717, 1.165) is 5.56 Å². The first-order valence-electron chi connectivity index (χ1n) is 5.55. The molecule has 94 valence electrons. The lowest BCUT2D eigenvalue weighted by Gasteiger charge is -2.22. The Bertz CT molecular complexity index is 378. The fourth-order valence-electron chi connectivity index (χ4n) is 1.44. The number of carbonyl (C=O) groups is 1. The molecule has 2 nitrogen and oxygen atoms in total. The maximum absolute atomic E-state index is 12.0. The Morgan fingerprint density at radius 3 is 2.35 bits per heavy atom. The fraction of sp³-hybridized carbons (Fsp3) is 0.462. The van der Waals surface area contributed by atoms with Gasteiger partial charge in [0.2, 0.25) is 5.91 Å². The lowest BCUT2D eigenvalue weighted by atomic mass is 10.1. The molecule has 0 heterocycles. The summed E-state index contributed by atoms with van der Waals surface area (Å²) >= 11 is 9.24. The van der Waals surface area contributed by atoms with Crippen LogP contribution in [0.4, 0.5) is 0 Å². The zero-order valence-corrected chi connectivity index (χ0v) is 12.6. The summed E-state index contributed by atoms with van der Waals surface area (Å²) in [7, 11) is 1.81. The Labute approximate surface area is 116 Å². The van der Waals surface area contributed by atoms with Crippen LogP contribution in [0.2, 0.25) is 5.02 Å². The van der Waals surface area contributed by atoms with E-state index in [1.807, 2.05) is 45.2 Å². The van der Waals surface area contributed by atoms with Crippen LogP contribution in [-0.4, -0.2) is 22.7 Å². The van der Waals surface area contributed by atoms with Gasteiger partial charge in [0.15, 0.2) is 0 Å². The number of rotatable bonds is 4. The summed E-state index contributed by atoms with van der Waals surface area (Å²) < 4.78 is 0. The van der Waals surface area contributed by atoms with Gasteiger partial charge in [0.05, 0.1) is 4.83 Å². The number of carbonyl (C=O) groups excluding carboxylic acids is 1. The van der Waals surface area contributed by atoms with E-state index in [-0.39, 0.29) is 16.7 Å². The normalized spacial score (nSPS) is 12.6. The van der Waals surface area contributed by atoms with Crippen LogP contribution in [0.15, 0.2) is 24.3 Å². The first-order chi connectivity index (χ1) is 7.91. The molecule has 1 aromatic carbocycles. The maximum Gasteiger partial charge on any atom is 0.236 e. The summed E-state index contributed by atoms with van der Waals surface area (Å²) in [5.74, 6) is 0.394. The summed E-state index contributed by atoms with van der Waals surface area (Å²) in [5.41, 5.74) is 1.08. The van der Waals surface area contributed by atoms with Gasteiger partial charge in [0, 0.05) is 18.6 Å². The van der Waals surface area contributed by atoms with Gasteiger partial charge in [0.1, 0.15) is 0 Å². The molecule has 1 aromatic rings. The molecule has 0 radical (unpaired) electrons. The van der Waals surface area contributed by atoms with Crippen molar-refractivity contribution >= 4 is 33.4 Å². The van der Waals surface area contributed by atoms with Crippen molar-refractivity contribution in [2.24, 2.45) is 5.92 Å². The predicted molar refractivity (Wildman–Crippen MR) is 75.5 cm³/mol. The van der Waals surface area contributed by atoms with Gasteiger partial charge in [-0.3, -0.25) is 4.79 Å². The molecule has 0 aromatic heterocycles. The highest BCUT2D eigenvalue weighted by atomic mass is 79.9. The van der Waals surface area contributed by atoms with Crippen molar-refractivity contribution in [2.75, 3.05) is 7.05 Å². The Morgan fingerprint density at radius 1 is 1.35 bits per heavy atom. The molecule has 0 aliphatic heterocycles. The lowest BCUT2D eigenvalue weighted by Crippen LogP contribution is -2.35. The number of amides is 1. The standard InChI is InChI=1S/C13H17BrClNO/c1-9(2)12(14)13(17)16(3)8-10-4-6-11(15)7-5-10/h4-7,9,12H,8H2,1-3H3. The van der Waals surface area contributed by atoms with Gasteiger partial charge in [-0.15, -0.1) is 0 Å². The largest absolute Gasteiger partial charge is 0.340 e. The van der Waals surface area contributed by atoms with Crippen LogP contribution < -0.4 is 0 Å². The molecule has 0 N–H and O–H groups in total. The SMILES string of the molecule is CC(C)C(Br)C(=O)N(C)Cc1ccc(Cl)cc1. The zero-order valence-electron chi connectivity index (χ0n) is 10.3. The van der Waals surface area contributed by atoms with Gasteiger partial charge in [-0.25, -0.2) is 0 Å². The van der Waals surface area contributed by atoms with E-state index in [9.17, 15) is 4.79 Å². The van der Waals surface area contributed by atoms with E-state index in [1.165, 1.54) is 0 Å². The highest BCUT2D eigenvalue weighted by Crippen LogP contribution is 2.16. The summed E-state index contributed by atoms with van der Waals surface area (Å²) in [4.78, 5) is 13.6. The molecule has 17 heavy (non-hydrogen) atoms. The van der Waals surface area contributed by atoms with Gasteiger partial charge in [0.25, 0.3) is 0 Å². The fourth-order valence-corrected chi connectivity index (χ4v) is 1.91. The topological polar surface area (TPSA) is 20.3 Å². The van der Waals surface area contributed by atoms with Crippen LogP contribution in [-0.2, 0) is 11.3 Å². The van der Waals surface area contributed by atoms with E-state index in [2.05, 4.69) is 15.9 Å². The molecular formula is C13H17BrClNO. The Morgan fingerprint density at radius 2 is 1.88 bits per heavy atom. The first-order valence-corrected chi connectivity index (χ1v) is 6.84. The van der Waals surface area contributed by atoms with Crippen molar-refractivity contribution in [3.63, 3.8) is 0 Å². The van der Waals surface area contributed by atoms with Crippen LogP contribution in [0.25, 0.3) is 0 Å². The third-order valence-corrected chi connectivity index (χ3v) is 4.23. The van der Waals surface area contributed by atoms with E-state index in [4.69, 9.17) is 11.6 Å². The molecule has 0 fully saturated rings. The van der Waals surface area contributed by atoms with Gasteiger partial charge in [-0.05, 0) is 23.6 Å². The molecule has 0 bridgehead atoms. The zero-order chi connectivity index (χ0) is 13.0. The van der Waals surface area contributed by atoms with Crippen molar-refractivity contribution in [3.8, 4) is 0 Å². The minimum absolute atomic E-state index is 0.106. The second-order valence-electron chi connectivity index (χ2n) is 4.47. The molecule has 1 unspecified atom stereocenters. The Balaban J connectivity index is 2.63. The molecule has 1 atom stereocenters. The molecule has 0 spiro atoms. The van der Waals surface area contributed by atoms with E-state index in [0.29, 0.717) is 11.6 Å². The van der Waals surface area contributed by atoms with Crippen LogP contribution in [0.5, 0.6) is 0 Å². The molecule has 4 heteroatoms. The van der Waals surface area contributed by atoms with Crippen LogP contribution in [0, 0.1) is 5.92 Å². The predicted octanol–water partition coefficient (Wildman–Crippen LogP) is 3.72. The van der Waals surface area contributed by atoms with Gasteiger partial charge >= 0.3 is 0 Å². The highest BCUT2D eigenvalue weighted by molar-refractivity contribution is 9.10. The third kappa shape index (κ3) is 4.32.